The topological polar surface area (TPSA) is 48.5 Å². The molecule has 5 heteroatoms. The van der Waals surface area contributed by atoms with Crippen LogP contribution in [-0.4, -0.2) is 38.1 Å². The molecule has 0 unspecified atom stereocenters. The van der Waals surface area contributed by atoms with E-state index in [9.17, 15) is 4.79 Å². The Balaban J connectivity index is 1.58. The molecule has 24 heavy (non-hydrogen) atoms. The van der Waals surface area contributed by atoms with E-state index < -0.39 is 0 Å². The lowest BCUT2D eigenvalue weighted by atomic mass is 10.1. The van der Waals surface area contributed by atoms with E-state index in [0.29, 0.717) is 12.1 Å². The van der Waals surface area contributed by atoms with Crippen molar-refractivity contribution in [2.45, 2.75) is 19.4 Å². The Morgan fingerprint density at radius 3 is 2.67 bits per heavy atom. The standard InChI is InChI=1S/C19H24N4O/c1-22(2)17-7-5-6-16(12-17)19(24)21-14-15-8-9-18(20-13-15)23-10-3-4-11-23/h5-9,12-13H,3-4,10-11,14H2,1-2H3,(H,21,24). The normalized spacial score (nSPS) is 13.8. The molecule has 5 nitrogen and oxygen atoms in total. The first-order valence-electron chi connectivity index (χ1n) is 8.39. The van der Waals surface area contributed by atoms with Gasteiger partial charge in [-0.1, -0.05) is 12.1 Å². The van der Waals surface area contributed by atoms with Crippen LogP contribution < -0.4 is 15.1 Å². The molecule has 1 N–H and O–H groups in total. The van der Waals surface area contributed by atoms with Crippen LogP contribution in [0.2, 0.25) is 0 Å². The Bertz CT molecular complexity index is 691. The Kier molecular flexibility index (Phi) is 4.99. The van der Waals surface area contributed by atoms with Gasteiger partial charge < -0.3 is 15.1 Å². The van der Waals surface area contributed by atoms with Crippen LogP contribution >= 0.6 is 0 Å². The fourth-order valence-electron chi connectivity index (χ4n) is 2.86. The number of pyridine rings is 1. The Labute approximate surface area is 143 Å². The third-order valence-electron chi connectivity index (χ3n) is 4.32. The van der Waals surface area contributed by atoms with Gasteiger partial charge >= 0.3 is 0 Å². The molecule has 2 heterocycles. The van der Waals surface area contributed by atoms with Gasteiger partial charge in [-0.25, -0.2) is 4.98 Å². The second kappa shape index (κ2) is 7.34. The van der Waals surface area contributed by atoms with E-state index in [1.54, 1.807) is 0 Å². The molecule has 1 aromatic heterocycles. The molecule has 126 valence electrons. The van der Waals surface area contributed by atoms with E-state index >= 15 is 0 Å². The van der Waals surface area contributed by atoms with Crippen molar-refractivity contribution in [1.29, 1.82) is 0 Å². The lowest BCUT2D eigenvalue weighted by molar-refractivity contribution is 0.0951. The molecule has 1 aliphatic heterocycles. The van der Waals surface area contributed by atoms with Crippen molar-refractivity contribution in [3.63, 3.8) is 0 Å². The maximum atomic E-state index is 12.3. The van der Waals surface area contributed by atoms with Crippen molar-refractivity contribution in [3.05, 3.63) is 53.7 Å². The molecule has 0 saturated carbocycles. The maximum Gasteiger partial charge on any atom is 0.251 e. The molecule has 1 amide bonds. The van der Waals surface area contributed by atoms with Crippen LogP contribution in [0.3, 0.4) is 0 Å². The van der Waals surface area contributed by atoms with Gasteiger partial charge in [-0.3, -0.25) is 4.79 Å². The fraction of sp³-hybridized carbons (Fsp3) is 0.368. The summed E-state index contributed by atoms with van der Waals surface area (Å²) in [5, 5.41) is 2.96. The molecule has 1 fully saturated rings. The molecule has 0 aliphatic carbocycles. The zero-order valence-corrected chi connectivity index (χ0v) is 14.3. The third-order valence-corrected chi connectivity index (χ3v) is 4.32. The highest BCUT2D eigenvalue weighted by molar-refractivity contribution is 5.95. The first-order chi connectivity index (χ1) is 11.6. The Hall–Kier alpha value is -2.56. The quantitative estimate of drug-likeness (QED) is 0.919. The van der Waals surface area contributed by atoms with Crippen molar-refractivity contribution in [2.75, 3.05) is 37.0 Å². The minimum atomic E-state index is -0.0673. The van der Waals surface area contributed by atoms with E-state index in [2.05, 4.69) is 15.2 Å². The van der Waals surface area contributed by atoms with Gasteiger partial charge in [0.05, 0.1) is 0 Å². The molecule has 0 radical (unpaired) electrons. The van der Waals surface area contributed by atoms with E-state index in [-0.39, 0.29) is 5.91 Å². The van der Waals surface area contributed by atoms with Crippen LogP contribution in [0.5, 0.6) is 0 Å². The summed E-state index contributed by atoms with van der Waals surface area (Å²) in [5.41, 5.74) is 2.69. The molecule has 1 aliphatic rings. The zero-order chi connectivity index (χ0) is 16.9. The first-order valence-corrected chi connectivity index (χ1v) is 8.39. The Morgan fingerprint density at radius 1 is 1.21 bits per heavy atom. The minimum Gasteiger partial charge on any atom is -0.378 e. The van der Waals surface area contributed by atoms with Crippen molar-refractivity contribution < 1.29 is 4.79 Å². The second-order valence-corrected chi connectivity index (χ2v) is 6.35. The number of carbonyl (C=O) groups excluding carboxylic acids is 1. The van der Waals surface area contributed by atoms with Crippen molar-refractivity contribution in [3.8, 4) is 0 Å². The van der Waals surface area contributed by atoms with Gasteiger partial charge in [-0.2, -0.15) is 0 Å². The van der Waals surface area contributed by atoms with Crippen LogP contribution in [-0.2, 0) is 6.54 Å². The highest BCUT2D eigenvalue weighted by Gasteiger charge is 2.13. The van der Waals surface area contributed by atoms with E-state index in [0.717, 1.165) is 30.2 Å². The van der Waals surface area contributed by atoms with E-state index in [1.165, 1.54) is 12.8 Å². The summed E-state index contributed by atoms with van der Waals surface area (Å²) in [6.07, 6.45) is 4.33. The van der Waals surface area contributed by atoms with Crippen LogP contribution in [0, 0.1) is 0 Å². The molecular weight excluding hydrogens is 300 g/mol. The molecule has 0 spiro atoms. The van der Waals surface area contributed by atoms with Gasteiger partial charge in [-0.05, 0) is 42.7 Å². The predicted octanol–water partition coefficient (Wildman–Crippen LogP) is 2.68. The van der Waals surface area contributed by atoms with Gasteiger partial charge in [-0.15, -0.1) is 0 Å². The number of rotatable bonds is 5. The summed E-state index contributed by atoms with van der Waals surface area (Å²) < 4.78 is 0. The van der Waals surface area contributed by atoms with Crippen LogP contribution in [0.25, 0.3) is 0 Å². The minimum absolute atomic E-state index is 0.0673. The van der Waals surface area contributed by atoms with Crippen molar-refractivity contribution in [2.24, 2.45) is 0 Å². The number of benzene rings is 1. The number of hydrogen-bond donors (Lipinski definition) is 1. The van der Waals surface area contributed by atoms with E-state index in [1.807, 2.05) is 61.6 Å². The van der Waals surface area contributed by atoms with Gasteiger partial charge in [0.15, 0.2) is 0 Å². The number of amides is 1. The van der Waals surface area contributed by atoms with Gasteiger partial charge in [0, 0.05) is 51.2 Å². The monoisotopic (exact) mass is 324 g/mol. The predicted molar refractivity (Wildman–Crippen MR) is 97.6 cm³/mol. The lowest BCUT2D eigenvalue weighted by Crippen LogP contribution is -2.23. The van der Waals surface area contributed by atoms with Crippen molar-refractivity contribution in [1.82, 2.24) is 10.3 Å². The summed E-state index contributed by atoms with van der Waals surface area (Å²) in [6.45, 7) is 2.66. The molecular formula is C19H24N4O. The molecule has 0 atom stereocenters. The van der Waals surface area contributed by atoms with Gasteiger partial charge in [0.1, 0.15) is 5.82 Å². The number of carbonyl (C=O) groups is 1. The maximum absolute atomic E-state index is 12.3. The SMILES string of the molecule is CN(C)c1cccc(C(=O)NCc2ccc(N3CCCC3)nc2)c1. The summed E-state index contributed by atoms with van der Waals surface area (Å²) in [7, 11) is 3.93. The van der Waals surface area contributed by atoms with E-state index in [4.69, 9.17) is 0 Å². The van der Waals surface area contributed by atoms with Gasteiger partial charge in [0.25, 0.3) is 5.91 Å². The molecule has 0 bridgehead atoms. The number of aromatic nitrogens is 1. The van der Waals surface area contributed by atoms with Crippen molar-refractivity contribution >= 4 is 17.4 Å². The summed E-state index contributed by atoms with van der Waals surface area (Å²) in [6, 6.07) is 11.7. The first kappa shape index (κ1) is 16.3. The average molecular weight is 324 g/mol. The molecule has 1 aromatic carbocycles. The smallest absolute Gasteiger partial charge is 0.251 e. The third kappa shape index (κ3) is 3.85. The summed E-state index contributed by atoms with van der Waals surface area (Å²) >= 11 is 0. The van der Waals surface area contributed by atoms with Crippen LogP contribution in [0.1, 0.15) is 28.8 Å². The fourth-order valence-corrected chi connectivity index (χ4v) is 2.86. The number of anilines is 2. The van der Waals surface area contributed by atoms with Crippen LogP contribution in [0.15, 0.2) is 42.6 Å². The molecule has 1 saturated heterocycles. The highest BCUT2D eigenvalue weighted by atomic mass is 16.1. The average Bonchev–Trinajstić information content (AvgIpc) is 3.15. The zero-order valence-electron chi connectivity index (χ0n) is 14.3. The lowest BCUT2D eigenvalue weighted by Gasteiger charge is -2.16. The highest BCUT2D eigenvalue weighted by Crippen LogP contribution is 2.17. The molecule has 2 aromatic rings. The number of nitrogens with one attached hydrogen (secondary N) is 1. The molecule has 3 rings (SSSR count). The number of nitrogens with zero attached hydrogens (tertiary/aromatic N) is 3. The largest absolute Gasteiger partial charge is 0.378 e. The summed E-state index contributed by atoms with van der Waals surface area (Å²) in [4.78, 5) is 21.1. The number of hydrogen-bond acceptors (Lipinski definition) is 4. The second-order valence-electron chi connectivity index (χ2n) is 6.35. The Morgan fingerprint density at radius 2 is 2.00 bits per heavy atom. The summed E-state index contributed by atoms with van der Waals surface area (Å²) in [5.74, 6) is 0.962. The van der Waals surface area contributed by atoms with Crippen LogP contribution in [0.4, 0.5) is 11.5 Å². The van der Waals surface area contributed by atoms with Gasteiger partial charge in [0.2, 0.25) is 0 Å².